The first-order chi connectivity index (χ1) is 7.76. The number of fused-ring (bicyclic) bond motifs is 1. The number of aryl methyl sites for hydroxylation is 2. The molecule has 0 amide bonds. The van der Waals surface area contributed by atoms with Crippen LogP contribution in [0.25, 0.3) is 10.9 Å². The molecule has 1 aromatic heterocycles. The van der Waals surface area contributed by atoms with Crippen LogP contribution in [-0.2, 0) is 12.8 Å². The van der Waals surface area contributed by atoms with Crippen molar-refractivity contribution in [3.05, 3.63) is 35.4 Å². The molecule has 0 aliphatic carbocycles. The summed E-state index contributed by atoms with van der Waals surface area (Å²) in [4.78, 5) is 4.54. The smallest absolute Gasteiger partial charge is 0.127 e. The molecular weight excluding hydrogens is 196 g/mol. The molecule has 0 bridgehead atoms. The second kappa shape index (κ2) is 4.52. The molecule has 2 rings (SSSR count). The van der Waals surface area contributed by atoms with Crippen molar-refractivity contribution in [1.82, 2.24) is 4.98 Å². The Balaban J connectivity index is 2.63. The maximum atomic E-state index is 5.99. The van der Waals surface area contributed by atoms with Crippen LogP contribution in [0.3, 0.4) is 0 Å². The second-order valence-electron chi connectivity index (χ2n) is 4.13. The van der Waals surface area contributed by atoms with Crippen LogP contribution in [0.1, 0.15) is 31.4 Å². The number of hydrogen-bond acceptors (Lipinski definition) is 2. The highest BCUT2D eigenvalue weighted by Crippen LogP contribution is 2.22. The Morgan fingerprint density at radius 1 is 1.19 bits per heavy atom. The van der Waals surface area contributed by atoms with Gasteiger partial charge in [0, 0.05) is 5.39 Å². The van der Waals surface area contributed by atoms with Gasteiger partial charge in [-0.25, -0.2) is 4.98 Å². The Morgan fingerprint density at radius 2 is 2.00 bits per heavy atom. The lowest BCUT2D eigenvalue weighted by atomic mass is 10.0. The number of hydrogen-bond donors (Lipinski definition) is 1. The Bertz CT molecular complexity index is 503. The zero-order valence-corrected chi connectivity index (χ0v) is 9.96. The highest BCUT2D eigenvalue weighted by molar-refractivity contribution is 5.84. The quantitative estimate of drug-likeness (QED) is 0.851. The normalized spacial score (nSPS) is 10.9. The van der Waals surface area contributed by atoms with E-state index >= 15 is 0 Å². The summed E-state index contributed by atoms with van der Waals surface area (Å²) in [6, 6.07) is 8.50. The van der Waals surface area contributed by atoms with Crippen molar-refractivity contribution in [2.45, 2.75) is 33.1 Å². The van der Waals surface area contributed by atoms with E-state index in [0.717, 1.165) is 24.8 Å². The van der Waals surface area contributed by atoms with Crippen molar-refractivity contribution in [1.29, 1.82) is 0 Å². The number of nitrogens with zero attached hydrogens (tertiary/aromatic N) is 1. The highest BCUT2D eigenvalue weighted by atomic mass is 14.8. The van der Waals surface area contributed by atoms with Gasteiger partial charge >= 0.3 is 0 Å². The minimum atomic E-state index is 0.690. The molecule has 0 atom stereocenters. The van der Waals surface area contributed by atoms with E-state index in [1.807, 2.05) is 0 Å². The number of nitrogens with two attached hydrogens (primary N) is 1. The number of anilines is 1. The van der Waals surface area contributed by atoms with E-state index in [0.29, 0.717) is 5.82 Å². The van der Waals surface area contributed by atoms with E-state index in [2.05, 4.69) is 43.1 Å². The number of rotatable bonds is 3. The van der Waals surface area contributed by atoms with Gasteiger partial charge in [0.1, 0.15) is 5.82 Å². The molecule has 0 unspecified atom stereocenters. The predicted octanol–water partition coefficient (Wildman–Crippen LogP) is 3.33. The molecule has 84 valence electrons. The topological polar surface area (TPSA) is 38.9 Å². The minimum Gasteiger partial charge on any atom is -0.383 e. The van der Waals surface area contributed by atoms with Crippen molar-refractivity contribution >= 4 is 16.7 Å². The third-order valence-electron chi connectivity index (χ3n) is 2.94. The molecule has 0 saturated carbocycles. The van der Waals surface area contributed by atoms with Gasteiger partial charge in [-0.15, -0.1) is 0 Å². The summed E-state index contributed by atoms with van der Waals surface area (Å²) in [6.07, 6.45) is 3.10. The molecule has 2 nitrogen and oxygen atoms in total. The van der Waals surface area contributed by atoms with Crippen LogP contribution in [0.4, 0.5) is 5.82 Å². The summed E-state index contributed by atoms with van der Waals surface area (Å²) in [7, 11) is 0. The van der Waals surface area contributed by atoms with E-state index in [1.54, 1.807) is 0 Å². The lowest BCUT2D eigenvalue weighted by Gasteiger charge is -2.08. The summed E-state index contributed by atoms with van der Waals surface area (Å²) < 4.78 is 0. The largest absolute Gasteiger partial charge is 0.383 e. The molecule has 2 aromatic rings. The zero-order valence-electron chi connectivity index (χ0n) is 9.96. The fraction of sp³-hybridized carbons (Fsp3) is 0.357. The second-order valence-corrected chi connectivity index (χ2v) is 4.13. The van der Waals surface area contributed by atoms with Crippen LogP contribution in [0.15, 0.2) is 24.3 Å². The van der Waals surface area contributed by atoms with Gasteiger partial charge in [-0.2, -0.15) is 0 Å². The van der Waals surface area contributed by atoms with Crippen molar-refractivity contribution in [3.8, 4) is 0 Å². The Hall–Kier alpha value is -1.57. The van der Waals surface area contributed by atoms with Crippen molar-refractivity contribution < 1.29 is 0 Å². The molecule has 1 heterocycles. The number of pyridine rings is 1. The monoisotopic (exact) mass is 214 g/mol. The fourth-order valence-electron chi connectivity index (χ4n) is 2.07. The molecule has 0 spiro atoms. The van der Waals surface area contributed by atoms with E-state index < -0.39 is 0 Å². The third kappa shape index (κ3) is 1.87. The third-order valence-corrected chi connectivity index (χ3v) is 2.94. The summed E-state index contributed by atoms with van der Waals surface area (Å²) in [6.45, 7) is 4.30. The van der Waals surface area contributed by atoms with Gasteiger partial charge in [0.2, 0.25) is 0 Å². The van der Waals surface area contributed by atoms with E-state index in [-0.39, 0.29) is 0 Å². The number of benzene rings is 1. The molecule has 2 N–H and O–H groups in total. The number of para-hydroxylation sites is 1. The number of nitrogen functional groups attached to an aromatic ring is 1. The van der Waals surface area contributed by atoms with Gasteiger partial charge in [-0.05, 0) is 30.0 Å². The molecule has 0 radical (unpaired) electrons. The average Bonchev–Trinajstić information content (AvgIpc) is 2.30. The van der Waals surface area contributed by atoms with E-state index in [1.165, 1.54) is 16.5 Å². The first-order valence-electron chi connectivity index (χ1n) is 5.93. The summed E-state index contributed by atoms with van der Waals surface area (Å²) in [5.41, 5.74) is 9.48. The summed E-state index contributed by atoms with van der Waals surface area (Å²) in [5.74, 6) is 0.690. The van der Waals surface area contributed by atoms with Crippen LogP contribution < -0.4 is 5.73 Å². The average molecular weight is 214 g/mol. The van der Waals surface area contributed by atoms with E-state index in [9.17, 15) is 0 Å². The standard InChI is InChI=1S/C14H18N2/c1-3-6-12-9-11-8-5-7-10(4-2)13(11)16-14(12)15/h5,7-9H,3-4,6H2,1-2H3,(H2,15,16). The lowest BCUT2D eigenvalue weighted by Crippen LogP contribution is -1.99. The molecule has 2 heteroatoms. The SMILES string of the molecule is CCCc1cc2cccc(CC)c2nc1N. The number of aromatic nitrogens is 1. The maximum absolute atomic E-state index is 5.99. The molecule has 0 aliphatic rings. The molecule has 0 fully saturated rings. The van der Waals surface area contributed by atoms with Crippen molar-refractivity contribution in [3.63, 3.8) is 0 Å². The van der Waals surface area contributed by atoms with Crippen molar-refractivity contribution in [2.75, 3.05) is 5.73 Å². The molecular formula is C14H18N2. The lowest BCUT2D eigenvalue weighted by molar-refractivity contribution is 0.920. The predicted molar refractivity (Wildman–Crippen MR) is 69.5 cm³/mol. The Labute approximate surface area is 96.5 Å². The van der Waals surface area contributed by atoms with Gasteiger partial charge in [-0.3, -0.25) is 0 Å². The Morgan fingerprint density at radius 3 is 2.69 bits per heavy atom. The molecule has 1 aromatic carbocycles. The van der Waals surface area contributed by atoms with Crippen LogP contribution in [0, 0.1) is 0 Å². The first kappa shape index (κ1) is 10.9. The van der Waals surface area contributed by atoms with Gasteiger partial charge in [0.05, 0.1) is 5.52 Å². The van der Waals surface area contributed by atoms with Crippen LogP contribution in [0.5, 0.6) is 0 Å². The van der Waals surface area contributed by atoms with Gasteiger partial charge in [0.25, 0.3) is 0 Å². The zero-order chi connectivity index (χ0) is 11.5. The van der Waals surface area contributed by atoms with Gasteiger partial charge in [0.15, 0.2) is 0 Å². The highest BCUT2D eigenvalue weighted by Gasteiger charge is 2.05. The van der Waals surface area contributed by atoms with Crippen LogP contribution >= 0.6 is 0 Å². The minimum absolute atomic E-state index is 0.690. The molecule has 16 heavy (non-hydrogen) atoms. The van der Waals surface area contributed by atoms with Crippen LogP contribution in [-0.4, -0.2) is 4.98 Å². The van der Waals surface area contributed by atoms with E-state index in [4.69, 9.17) is 5.73 Å². The van der Waals surface area contributed by atoms with Crippen molar-refractivity contribution in [2.24, 2.45) is 0 Å². The molecule has 0 aliphatic heterocycles. The fourth-order valence-corrected chi connectivity index (χ4v) is 2.07. The van der Waals surface area contributed by atoms with Gasteiger partial charge < -0.3 is 5.73 Å². The Kier molecular flexibility index (Phi) is 3.09. The first-order valence-corrected chi connectivity index (χ1v) is 5.93. The van der Waals surface area contributed by atoms with Gasteiger partial charge in [-0.1, -0.05) is 38.5 Å². The van der Waals surface area contributed by atoms with Crippen LogP contribution in [0.2, 0.25) is 0 Å². The molecule has 0 saturated heterocycles. The maximum Gasteiger partial charge on any atom is 0.127 e. The summed E-state index contributed by atoms with van der Waals surface area (Å²) in [5, 5.41) is 1.21. The summed E-state index contributed by atoms with van der Waals surface area (Å²) >= 11 is 0.